The molecule has 22 heavy (non-hydrogen) atoms. The van der Waals surface area contributed by atoms with E-state index in [9.17, 15) is 4.79 Å². The molecule has 2 rings (SSSR count). The van der Waals surface area contributed by atoms with Crippen LogP contribution < -0.4 is 15.4 Å². The molecule has 0 spiro atoms. The molecule has 0 saturated carbocycles. The molecule has 2 N–H and O–H groups in total. The number of tetrazole rings is 1. The molecule has 1 aromatic carbocycles. The number of aromatic nitrogens is 4. The van der Waals surface area contributed by atoms with Gasteiger partial charge in [-0.05, 0) is 47.3 Å². The van der Waals surface area contributed by atoms with Crippen LogP contribution in [0.3, 0.4) is 0 Å². The molecular formula is C13H16N6O2S. The Balaban J connectivity index is 1.99. The first-order valence-corrected chi connectivity index (χ1v) is 7.07. The van der Waals surface area contributed by atoms with E-state index in [1.54, 1.807) is 28.9 Å². The minimum absolute atomic E-state index is 0.125. The maximum Gasteiger partial charge on any atom is 0.257 e. The van der Waals surface area contributed by atoms with Crippen molar-refractivity contribution in [3.8, 4) is 5.75 Å². The van der Waals surface area contributed by atoms with Gasteiger partial charge in [-0.3, -0.25) is 15.4 Å². The molecule has 9 heteroatoms. The summed E-state index contributed by atoms with van der Waals surface area (Å²) in [6.07, 6.45) is 0.878. The lowest BCUT2D eigenvalue weighted by molar-refractivity contribution is 0.0977. The van der Waals surface area contributed by atoms with Crippen LogP contribution in [0.5, 0.6) is 5.75 Å². The number of nitrogens with one attached hydrogen (secondary N) is 2. The highest BCUT2D eigenvalue weighted by Crippen LogP contribution is 2.12. The maximum absolute atomic E-state index is 12.1. The molecular weight excluding hydrogens is 304 g/mol. The first kappa shape index (κ1) is 15.8. The smallest absolute Gasteiger partial charge is 0.257 e. The average molecular weight is 320 g/mol. The van der Waals surface area contributed by atoms with Gasteiger partial charge in [0.25, 0.3) is 5.91 Å². The number of hydrogen-bond donors (Lipinski definition) is 2. The summed E-state index contributed by atoms with van der Waals surface area (Å²) in [5.74, 6) is 0.641. The minimum atomic E-state index is -0.342. The van der Waals surface area contributed by atoms with E-state index in [-0.39, 0.29) is 11.0 Å². The largest absolute Gasteiger partial charge is 0.497 e. The number of carbonyl (C=O) groups excluding carboxylic acids is 1. The summed E-state index contributed by atoms with van der Waals surface area (Å²) < 4.78 is 6.65. The van der Waals surface area contributed by atoms with E-state index in [2.05, 4.69) is 26.2 Å². The molecule has 1 heterocycles. The van der Waals surface area contributed by atoms with Gasteiger partial charge in [0.15, 0.2) is 5.11 Å². The predicted octanol–water partition coefficient (Wildman–Crippen LogP) is 1.22. The fourth-order valence-electron chi connectivity index (χ4n) is 1.73. The van der Waals surface area contributed by atoms with Crippen LogP contribution in [0.25, 0.3) is 0 Å². The van der Waals surface area contributed by atoms with Gasteiger partial charge in [-0.1, -0.05) is 18.1 Å². The Bertz CT molecular complexity index is 672. The topological polar surface area (TPSA) is 94.0 Å². The Kier molecular flexibility index (Phi) is 5.37. The minimum Gasteiger partial charge on any atom is -0.497 e. The van der Waals surface area contributed by atoms with E-state index in [4.69, 9.17) is 17.0 Å². The van der Waals surface area contributed by atoms with Gasteiger partial charge in [-0.25, -0.2) is 4.68 Å². The molecule has 0 unspecified atom stereocenters. The van der Waals surface area contributed by atoms with Gasteiger partial charge in [0.05, 0.1) is 7.11 Å². The van der Waals surface area contributed by atoms with Gasteiger partial charge in [-0.2, -0.15) is 0 Å². The molecule has 0 aliphatic carbocycles. The maximum atomic E-state index is 12.1. The van der Waals surface area contributed by atoms with Crippen molar-refractivity contribution < 1.29 is 9.53 Å². The van der Waals surface area contributed by atoms with Crippen LogP contribution in [0.1, 0.15) is 23.7 Å². The molecule has 0 aliphatic rings. The van der Waals surface area contributed by atoms with E-state index in [1.807, 2.05) is 6.92 Å². The summed E-state index contributed by atoms with van der Waals surface area (Å²) in [5, 5.41) is 16.7. The Labute approximate surface area is 132 Å². The Morgan fingerprint density at radius 2 is 2.27 bits per heavy atom. The van der Waals surface area contributed by atoms with Gasteiger partial charge in [0.1, 0.15) is 5.75 Å². The number of aryl methyl sites for hydroxylation is 1. The quantitative estimate of drug-likeness (QED) is 0.800. The second-order valence-corrected chi connectivity index (χ2v) is 4.77. The standard InChI is InChI=1S/C13H16N6O2S/c1-3-7-19-12(16-17-18-19)15-13(22)14-11(20)9-5-4-6-10(8-9)21-2/h4-6,8H,3,7H2,1-2H3,(H2,14,15,16,18,20,22). The van der Waals surface area contributed by atoms with Crippen molar-refractivity contribution in [3.63, 3.8) is 0 Å². The highest BCUT2D eigenvalue weighted by Gasteiger charge is 2.11. The molecule has 0 atom stereocenters. The molecule has 0 fully saturated rings. The lowest BCUT2D eigenvalue weighted by atomic mass is 10.2. The van der Waals surface area contributed by atoms with Crippen LogP contribution in [0.15, 0.2) is 24.3 Å². The number of benzene rings is 1. The second-order valence-electron chi connectivity index (χ2n) is 4.37. The Hall–Kier alpha value is -2.55. The summed E-state index contributed by atoms with van der Waals surface area (Å²) in [5.41, 5.74) is 0.441. The van der Waals surface area contributed by atoms with Crippen LogP contribution >= 0.6 is 12.2 Å². The van der Waals surface area contributed by atoms with Crippen molar-refractivity contribution in [3.05, 3.63) is 29.8 Å². The van der Waals surface area contributed by atoms with Crippen LogP contribution in [0, 0.1) is 0 Å². The zero-order chi connectivity index (χ0) is 15.9. The van der Waals surface area contributed by atoms with Crippen LogP contribution in [0.2, 0.25) is 0 Å². The molecule has 1 aromatic heterocycles. The first-order valence-electron chi connectivity index (χ1n) is 6.66. The Morgan fingerprint density at radius 3 is 3.00 bits per heavy atom. The van der Waals surface area contributed by atoms with E-state index >= 15 is 0 Å². The van der Waals surface area contributed by atoms with Gasteiger partial charge in [-0.15, -0.1) is 0 Å². The van der Waals surface area contributed by atoms with E-state index in [0.29, 0.717) is 23.8 Å². The van der Waals surface area contributed by atoms with Gasteiger partial charge >= 0.3 is 0 Å². The number of anilines is 1. The van der Waals surface area contributed by atoms with Crippen molar-refractivity contribution in [2.45, 2.75) is 19.9 Å². The number of carbonyl (C=O) groups is 1. The van der Waals surface area contributed by atoms with Crippen LogP contribution in [0.4, 0.5) is 5.95 Å². The first-order chi connectivity index (χ1) is 10.6. The van der Waals surface area contributed by atoms with Gasteiger partial charge in [0, 0.05) is 12.1 Å². The fourth-order valence-corrected chi connectivity index (χ4v) is 1.91. The van der Waals surface area contributed by atoms with Crippen LogP contribution in [-0.4, -0.2) is 38.3 Å². The predicted molar refractivity (Wildman–Crippen MR) is 84.8 cm³/mol. The summed E-state index contributed by atoms with van der Waals surface area (Å²) in [6.45, 7) is 2.66. The summed E-state index contributed by atoms with van der Waals surface area (Å²) in [6, 6.07) is 6.78. The lowest BCUT2D eigenvalue weighted by Crippen LogP contribution is -2.35. The second kappa shape index (κ2) is 7.46. The van der Waals surface area contributed by atoms with E-state index < -0.39 is 0 Å². The molecule has 0 saturated heterocycles. The number of methoxy groups -OCH3 is 1. The molecule has 116 valence electrons. The number of rotatable bonds is 5. The molecule has 0 radical (unpaired) electrons. The summed E-state index contributed by atoms with van der Waals surface area (Å²) in [7, 11) is 1.54. The summed E-state index contributed by atoms with van der Waals surface area (Å²) in [4.78, 5) is 12.1. The van der Waals surface area contributed by atoms with E-state index in [1.165, 1.54) is 7.11 Å². The lowest BCUT2D eigenvalue weighted by Gasteiger charge is -2.09. The highest BCUT2D eigenvalue weighted by molar-refractivity contribution is 7.80. The summed E-state index contributed by atoms with van der Waals surface area (Å²) >= 11 is 5.10. The molecule has 2 aromatic rings. The highest BCUT2D eigenvalue weighted by atomic mass is 32.1. The Morgan fingerprint density at radius 1 is 1.45 bits per heavy atom. The molecule has 0 aliphatic heterocycles. The van der Waals surface area contributed by atoms with E-state index in [0.717, 1.165) is 6.42 Å². The number of hydrogen-bond acceptors (Lipinski definition) is 6. The number of amides is 1. The van der Waals surface area contributed by atoms with Gasteiger partial charge < -0.3 is 4.74 Å². The van der Waals surface area contributed by atoms with Crippen molar-refractivity contribution in [2.75, 3.05) is 12.4 Å². The molecule has 0 bridgehead atoms. The van der Waals surface area contributed by atoms with Crippen molar-refractivity contribution in [1.29, 1.82) is 0 Å². The third-order valence-corrected chi connectivity index (χ3v) is 2.96. The SMILES string of the molecule is CCCn1nnnc1NC(=S)NC(=O)c1cccc(OC)c1. The fraction of sp³-hybridized carbons (Fsp3) is 0.308. The third-order valence-electron chi connectivity index (χ3n) is 2.75. The third kappa shape index (κ3) is 3.98. The zero-order valence-corrected chi connectivity index (χ0v) is 13.1. The monoisotopic (exact) mass is 320 g/mol. The van der Waals surface area contributed by atoms with Crippen molar-refractivity contribution >= 4 is 29.2 Å². The molecule has 8 nitrogen and oxygen atoms in total. The zero-order valence-electron chi connectivity index (χ0n) is 12.2. The van der Waals surface area contributed by atoms with Gasteiger partial charge in [0.2, 0.25) is 5.95 Å². The number of ether oxygens (including phenoxy) is 1. The number of thiocarbonyl (C=S) groups is 1. The van der Waals surface area contributed by atoms with Crippen molar-refractivity contribution in [2.24, 2.45) is 0 Å². The normalized spacial score (nSPS) is 10.1. The number of nitrogens with zero attached hydrogens (tertiary/aromatic N) is 4. The molecule has 1 amide bonds. The van der Waals surface area contributed by atoms with Crippen molar-refractivity contribution in [1.82, 2.24) is 25.5 Å². The van der Waals surface area contributed by atoms with Crippen LogP contribution in [-0.2, 0) is 6.54 Å². The average Bonchev–Trinajstić information content (AvgIpc) is 2.94.